The van der Waals surface area contributed by atoms with Crippen LogP contribution in [0.15, 0.2) is 122 Å². The van der Waals surface area contributed by atoms with E-state index in [1.165, 1.54) is 7.11 Å². The predicted molar refractivity (Wildman–Crippen MR) is 278 cm³/mol. The molecule has 2 aromatic heterocycles. The zero-order chi connectivity index (χ0) is 50.0. The van der Waals surface area contributed by atoms with Crippen LogP contribution in [0.2, 0.25) is 20.1 Å². The highest BCUT2D eigenvalue weighted by Gasteiger charge is 2.22. The van der Waals surface area contributed by atoms with Gasteiger partial charge in [-0.1, -0.05) is 119 Å². The molecule has 1 N–H and O–H groups in total. The summed E-state index contributed by atoms with van der Waals surface area (Å²) in [6.45, 7) is 3.67. The van der Waals surface area contributed by atoms with Gasteiger partial charge in [0.15, 0.2) is 36.6 Å². The van der Waals surface area contributed by atoms with Crippen molar-refractivity contribution in [1.82, 2.24) is 19.5 Å². The number of carbonyl (C=O) groups is 2. The minimum absolute atomic E-state index is 0.00839. The molecule has 2 saturated heterocycles. The molecule has 2 fully saturated rings. The van der Waals surface area contributed by atoms with E-state index in [1.807, 2.05) is 102 Å². The van der Waals surface area contributed by atoms with Crippen molar-refractivity contribution in [2.24, 2.45) is 0 Å². The van der Waals surface area contributed by atoms with Crippen molar-refractivity contribution in [3.05, 3.63) is 176 Å². The number of hydrogen-bond donors (Lipinski definition) is 1. The fourth-order valence-corrected chi connectivity index (χ4v) is 8.79. The Morgan fingerprint density at radius 1 is 0.704 bits per heavy atom. The number of benzene rings is 4. The summed E-state index contributed by atoms with van der Waals surface area (Å²) >= 11 is 25.4. The van der Waals surface area contributed by atoms with Gasteiger partial charge in [0.2, 0.25) is 11.6 Å². The van der Waals surface area contributed by atoms with E-state index >= 15 is 0 Å². The summed E-state index contributed by atoms with van der Waals surface area (Å²) in [7, 11) is 1.42. The van der Waals surface area contributed by atoms with Crippen LogP contribution in [0.4, 0.5) is 0 Å². The maximum atomic E-state index is 13.0. The van der Waals surface area contributed by atoms with Crippen molar-refractivity contribution in [2.45, 2.75) is 95.2 Å². The molecular weight excluding hydrogens is 1010 g/mol. The van der Waals surface area contributed by atoms with Gasteiger partial charge in [0.05, 0.1) is 47.0 Å². The minimum atomic E-state index is -0.135. The molecule has 6 aromatic rings. The van der Waals surface area contributed by atoms with E-state index in [-0.39, 0.29) is 36.0 Å². The third kappa shape index (κ3) is 19.7. The molecule has 0 bridgehead atoms. The first-order valence-electron chi connectivity index (χ1n) is 23.7. The molecule has 18 heteroatoms. The van der Waals surface area contributed by atoms with Crippen molar-refractivity contribution < 1.29 is 41.9 Å². The van der Waals surface area contributed by atoms with Gasteiger partial charge in [-0.3, -0.25) is 13.8 Å². The number of imidazole rings is 2. The van der Waals surface area contributed by atoms with Gasteiger partial charge in [-0.25, -0.2) is 14.9 Å². The third-order valence-corrected chi connectivity index (χ3v) is 13.5. The smallest absolute Gasteiger partial charge is 0.202 e. The maximum Gasteiger partial charge on any atom is 0.202 e. The highest BCUT2D eigenvalue weighted by Crippen LogP contribution is 2.32. The highest BCUT2D eigenvalue weighted by molar-refractivity contribution is 7.89. The van der Waals surface area contributed by atoms with Crippen LogP contribution >= 0.6 is 58.7 Å². The number of aromatic amines is 1. The van der Waals surface area contributed by atoms with Gasteiger partial charge in [-0.05, 0) is 97.9 Å². The molecule has 380 valence electrons. The van der Waals surface area contributed by atoms with Gasteiger partial charge in [0.1, 0.15) is 0 Å². The van der Waals surface area contributed by atoms with E-state index in [9.17, 15) is 9.59 Å². The van der Waals surface area contributed by atoms with E-state index in [1.54, 1.807) is 24.7 Å². The number of nitrogens with zero attached hydrogens (tertiary/aromatic N) is 3. The topological polar surface area (TPSA) is 145 Å². The molecule has 4 heterocycles. The number of Topliss-reactive ketones (excluding diaryl/α,β-unsaturated/α-hetero) is 2. The molecule has 2 aliphatic heterocycles. The number of H-pyrrole nitrogens is 1. The Bertz CT molecular complexity index is 2460. The second-order valence-electron chi connectivity index (χ2n) is 16.8. The fourth-order valence-electron chi connectivity index (χ4n) is 7.86. The number of aromatic nitrogens is 4. The lowest BCUT2D eigenvalue weighted by molar-refractivity contribution is -0.167. The van der Waals surface area contributed by atoms with Crippen LogP contribution in [0.1, 0.15) is 107 Å². The zero-order valence-corrected chi connectivity index (χ0v) is 43.4. The van der Waals surface area contributed by atoms with E-state index in [0.717, 1.165) is 99.2 Å². The van der Waals surface area contributed by atoms with Crippen LogP contribution in [0.25, 0.3) is 0 Å². The molecule has 71 heavy (non-hydrogen) atoms. The van der Waals surface area contributed by atoms with Crippen molar-refractivity contribution in [2.75, 3.05) is 40.1 Å². The van der Waals surface area contributed by atoms with Crippen molar-refractivity contribution in [3.8, 4) is 0 Å². The minimum Gasteiger partial charge on any atom is -0.353 e. The first-order chi connectivity index (χ1) is 34.7. The summed E-state index contributed by atoms with van der Waals surface area (Å²) in [6.07, 6.45) is 15.1. The summed E-state index contributed by atoms with van der Waals surface area (Å²) in [5.41, 5.74) is 4.07. The average Bonchev–Trinajstić information content (AvgIpc) is 4.12. The lowest BCUT2D eigenvalue weighted by Gasteiger charge is -2.25. The standard InChI is InChI=1S/C26H28Cl2N2O3.C16H22Cl2O5S.C11H10N2O/c27-22-10-9-20(17-23(22)28)21(11-15-33-25-8-4-5-14-32-25)18-30-13-12-29-26(30)24(31)16-19-6-2-1-3-7-19;1-19-23-24-22-11-13(12-5-6-14(17)15(18)10-12)7-9-21-16-4-2-3-8-20-16;14-10(11-12-6-7-13-11)8-9-4-2-1-3-5-9/h1-3,6-7,9-10,12-13,17,21,25H,4-5,8,11,14-16,18H2;5-6,10,13,16H,2-4,7-9,11H2,1H3;1-7H,8H2,(H,12,13). The zero-order valence-electron chi connectivity index (χ0n) is 39.6. The molecule has 0 aliphatic carbocycles. The summed E-state index contributed by atoms with van der Waals surface area (Å²) in [5, 5.41) is 2.09. The second-order valence-corrected chi connectivity index (χ2v) is 18.9. The Hall–Kier alpha value is -4.13. The summed E-state index contributed by atoms with van der Waals surface area (Å²) in [5.74, 6) is 1.05. The van der Waals surface area contributed by atoms with Crippen LogP contribution in [-0.4, -0.2) is 83.8 Å². The molecule has 4 atom stereocenters. The molecule has 13 nitrogen and oxygen atoms in total. The third-order valence-electron chi connectivity index (χ3n) is 11.6. The van der Waals surface area contributed by atoms with Gasteiger partial charge in [-0.15, -0.1) is 4.33 Å². The van der Waals surface area contributed by atoms with Gasteiger partial charge >= 0.3 is 0 Å². The molecule has 4 unspecified atom stereocenters. The van der Waals surface area contributed by atoms with Gasteiger partial charge < -0.3 is 28.5 Å². The quantitative estimate of drug-likeness (QED) is 0.0214. The molecule has 2 aliphatic rings. The number of rotatable bonds is 23. The number of carbonyl (C=O) groups excluding carboxylic acids is 2. The number of halogens is 4. The van der Waals surface area contributed by atoms with Crippen LogP contribution < -0.4 is 0 Å². The Morgan fingerprint density at radius 3 is 1.79 bits per heavy atom. The van der Waals surface area contributed by atoms with E-state index in [2.05, 4.69) is 24.2 Å². The molecule has 4 aromatic carbocycles. The lowest BCUT2D eigenvalue weighted by atomic mass is 9.95. The van der Waals surface area contributed by atoms with Crippen molar-refractivity contribution >= 4 is 70.3 Å². The number of ether oxygens (including phenoxy) is 4. The van der Waals surface area contributed by atoms with Gasteiger partial charge in [0, 0.05) is 69.2 Å². The van der Waals surface area contributed by atoms with Crippen molar-refractivity contribution in [1.29, 1.82) is 0 Å². The van der Waals surface area contributed by atoms with Crippen LogP contribution in [0.3, 0.4) is 0 Å². The van der Waals surface area contributed by atoms with Crippen LogP contribution in [-0.2, 0) is 51.7 Å². The normalized spacial score (nSPS) is 16.5. The number of ketones is 2. The Morgan fingerprint density at radius 2 is 1.27 bits per heavy atom. The number of nitrogens with one attached hydrogen (secondary N) is 1. The maximum absolute atomic E-state index is 13.0. The summed E-state index contributed by atoms with van der Waals surface area (Å²) < 4.78 is 35.1. The van der Waals surface area contributed by atoms with E-state index in [0.29, 0.717) is 70.9 Å². The largest absolute Gasteiger partial charge is 0.353 e. The molecule has 0 amide bonds. The Kier molecular flexibility index (Phi) is 24.9. The van der Waals surface area contributed by atoms with Crippen LogP contribution in [0, 0.1) is 0 Å². The summed E-state index contributed by atoms with van der Waals surface area (Å²) in [6, 6.07) is 30.6. The molecule has 0 saturated carbocycles. The predicted octanol–water partition coefficient (Wildman–Crippen LogP) is 13.3. The Balaban J connectivity index is 0.000000189. The monoisotopic (exact) mass is 1070 g/mol. The first kappa shape index (κ1) is 56.2. The van der Waals surface area contributed by atoms with E-state index < -0.39 is 0 Å². The molecule has 0 radical (unpaired) electrons. The molecular formula is C53H60Cl4N4O9S. The lowest BCUT2D eigenvalue weighted by Crippen LogP contribution is -2.24. The van der Waals surface area contributed by atoms with Gasteiger partial charge in [0.25, 0.3) is 0 Å². The first-order valence-corrected chi connectivity index (χ1v) is 25.8. The van der Waals surface area contributed by atoms with Gasteiger partial charge in [-0.2, -0.15) is 0 Å². The molecule has 0 spiro atoms. The SMILES string of the molecule is COOSOCC(CCOC1CCCCO1)c1ccc(Cl)c(Cl)c1.O=C(Cc1ccccc1)c1ncc[nH]1.O=C(Cc1ccccc1)c1nccn1CC(CCOC1CCCCO1)c1ccc(Cl)c(Cl)c1. The Labute approximate surface area is 440 Å². The fraction of sp³-hybridized carbons (Fsp3) is 0.396. The number of hydrogen-bond acceptors (Lipinski definition) is 12. The second kappa shape index (κ2) is 31.5. The van der Waals surface area contributed by atoms with Crippen molar-refractivity contribution in [3.63, 3.8) is 0 Å². The van der Waals surface area contributed by atoms with E-state index in [4.69, 9.17) is 69.5 Å². The molecule has 8 rings (SSSR count). The average molecular weight is 1070 g/mol. The summed E-state index contributed by atoms with van der Waals surface area (Å²) in [4.78, 5) is 40.1. The highest BCUT2D eigenvalue weighted by atomic mass is 35.5. The van der Waals surface area contributed by atoms with Crippen LogP contribution in [0.5, 0.6) is 0 Å².